The highest BCUT2D eigenvalue weighted by Crippen LogP contribution is 2.23. The fourth-order valence-corrected chi connectivity index (χ4v) is 2.75. The van der Waals surface area contributed by atoms with Crippen LogP contribution < -0.4 is 0 Å². The molecule has 0 aromatic heterocycles. The highest BCUT2D eigenvalue weighted by atomic mass is 127. The van der Waals surface area contributed by atoms with Crippen LogP contribution in [0.4, 0.5) is 0 Å². The van der Waals surface area contributed by atoms with Crippen LogP contribution in [0.5, 0.6) is 0 Å². The van der Waals surface area contributed by atoms with Gasteiger partial charge in [-0.2, -0.15) is 0 Å². The molecule has 18 heavy (non-hydrogen) atoms. The normalized spacial score (nSPS) is 13.4. The second-order valence-electron chi connectivity index (χ2n) is 4.29. The Kier molecular flexibility index (Phi) is 3.18. The number of benzene rings is 2. The molecule has 0 N–H and O–H groups in total. The quantitative estimate of drug-likeness (QED) is 0.612. The molecule has 0 radical (unpaired) electrons. The standard InChI is InChI=1S/C15H11IO2/c16-14-4-2-1-3-13(14)15(17)10-5-6-11-8-18-9-12(11)7-10/h1-7H,8-9H2. The minimum atomic E-state index is 0.0784. The number of fused-ring (bicyclic) bond motifs is 1. The molecule has 0 amide bonds. The van der Waals surface area contributed by atoms with Crippen molar-refractivity contribution in [2.45, 2.75) is 13.2 Å². The van der Waals surface area contributed by atoms with E-state index in [2.05, 4.69) is 22.6 Å². The third-order valence-electron chi connectivity index (χ3n) is 3.10. The first-order chi connectivity index (χ1) is 8.75. The molecular formula is C15H11IO2. The summed E-state index contributed by atoms with van der Waals surface area (Å²) in [4.78, 5) is 12.4. The SMILES string of the molecule is O=C(c1ccc2c(c1)COC2)c1ccccc1I. The summed E-state index contributed by atoms with van der Waals surface area (Å²) in [6, 6.07) is 13.5. The molecule has 0 unspecified atom stereocenters. The highest BCUT2D eigenvalue weighted by Gasteiger charge is 2.16. The van der Waals surface area contributed by atoms with Crippen molar-refractivity contribution in [2.75, 3.05) is 0 Å². The monoisotopic (exact) mass is 350 g/mol. The van der Waals surface area contributed by atoms with Crippen molar-refractivity contribution < 1.29 is 9.53 Å². The topological polar surface area (TPSA) is 26.3 Å². The van der Waals surface area contributed by atoms with Crippen molar-refractivity contribution >= 4 is 28.4 Å². The fraction of sp³-hybridized carbons (Fsp3) is 0.133. The van der Waals surface area contributed by atoms with Crippen LogP contribution in [0.1, 0.15) is 27.0 Å². The smallest absolute Gasteiger partial charge is 0.194 e. The van der Waals surface area contributed by atoms with E-state index >= 15 is 0 Å². The first kappa shape index (κ1) is 11.9. The van der Waals surface area contributed by atoms with E-state index in [4.69, 9.17) is 4.74 Å². The van der Waals surface area contributed by atoms with Crippen LogP contribution >= 0.6 is 22.6 Å². The van der Waals surface area contributed by atoms with Gasteiger partial charge in [0, 0.05) is 14.7 Å². The van der Waals surface area contributed by atoms with Gasteiger partial charge in [0.2, 0.25) is 0 Å². The number of carbonyl (C=O) groups excluding carboxylic acids is 1. The number of halogens is 1. The molecule has 3 rings (SSSR count). The van der Waals surface area contributed by atoms with Crippen LogP contribution in [0.2, 0.25) is 0 Å². The van der Waals surface area contributed by atoms with Crippen molar-refractivity contribution in [1.82, 2.24) is 0 Å². The summed E-state index contributed by atoms with van der Waals surface area (Å²) in [5, 5.41) is 0. The van der Waals surface area contributed by atoms with Crippen LogP contribution in [0.3, 0.4) is 0 Å². The largest absolute Gasteiger partial charge is 0.372 e. The van der Waals surface area contributed by atoms with Crippen molar-refractivity contribution in [1.29, 1.82) is 0 Å². The predicted molar refractivity (Wildman–Crippen MR) is 77.5 cm³/mol. The number of carbonyl (C=O) groups is 1. The van der Waals surface area contributed by atoms with Crippen LogP contribution in [-0.2, 0) is 18.0 Å². The second-order valence-corrected chi connectivity index (χ2v) is 5.45. The van der Waals surface area contributed by atoms with E-state index in [0.717, 1.165) is 20.3 Å². The molecule has 1 heterocycles. The van der Waals surface area contributed by atoms with E-state index in [0.29, 0.717) is 13.2 Å². The van der Waals surface area contributed by atoms with Gasteiger partial charge in [-0.05, 0) is 51.9 Å². The zero-order chi connectivity index (χ0) is 12.5. The van der Waals surface area contributed by atoms with Crippen molar-refractivity contribution in [2.24, 2.45) is 0 Å². The lowest BCUT2D eigenvalue weighted by molar-refractivity contribution is 0.103. The van der Waals surface area contributed by atoms with Gasteiger partial charge in [0.05, 0.1) is 13.2 Å². The molecule has 0 bridgehead atoms. The molecule has 90 valence electrons. The van der Waals surface area contributed by atoms with Crippen LogP contribution in [0.15, 0.2) is 42.5 Å². The summed E-state index contributed by atoms with van der Waals surface area (Å²) >= 11 is 2.19. The molecule has 0 spiro atoms. The van der Waals surface area contributed by atoms with Gasteiger partial charge < -0.3 is 4.74 Å². The Bertz CT molecular complexity index is 620. The van der Waals surface area contributed by atoms with Gasteiger partial charge in [-0.15, -0.1) is 0 Å². The van der Waals surface area contributed by atoms with Gasteiger partial charge in [-0.1, -0.05) is 24.3 Å². The third kappa shape index (κ3) is 2.08. The highest BCUT2D eigenvalue weighted by molar-refractivity contribution is 14.1. The lowest BCUT2D eigenvalue weighted by Crippen LogP contribution is -2.04. The molecule has 1 aliphatic heterocycles. The van der Waals surface area contributed by atoms with Crippen LogP contribution in [-0.4, -0.2) is 5.78 Å². The van der Waals surface area contributed by atoms with Crippen LogP contribution in [0.25, 0.3) is 0 Å². The van der Waals surface area contributed by atoms with Gasteiger partial charge in [-0.25, -0.2) is 0 Å². The van der Waals surface area contributed by atoms with E-state index in [1.807, 2.05) is 42.5 Å². The molecule has 2 nitrogen and oxygen atoms in total. The van der Waals surface area contributed by atoms with Gasteiger partial charge in [0.1, 0.15) is 0 Å². The average Bonchev–Trinajstić information content (AvgIpc) is 2.85. The van der Waals surface area contributed by atoms with E-state index in [-0.39, 0.29) is 5.78 Å². The maximum Gasteiger partial charge on any atom is 0.194 e. The van der Waals surface area contributed by atoms with Gasteiger partial charge in [-0.3, -0.25) is 4.79 Å². The minimum Gasteiger partial charge on any atom is -0.372 e. The summed E-state index contributed by atoms with van der Waals surface area (Å²) in [6.45, 7) is 1.27. The molecule has 0 fully saturated rings. The van der Waals surface area contributed by atoms with Crippen molar-refractivity contribution in [3.05, 3.63) is 68.3 Å². The molecule has 1 aliphatic rings. The Morgan fingerprint density at radius 3 is 2.67 bits per heavy atom. The van der Waals surface area contributed by atoms with Gasteiger partial charge in [0.15, 0.2) is 5.78 Å². The zero-order valence-electron chi connectivity index (χ0n) is 9.65. The second kappa shape index (κ2) is 4.82. The predicted octanol–water partition coefficient (Wildman–Crippen LogP) is 3.55. The molecule has 0 aliphatic carbocycles. The van der Waals surface area contributed by atoms with Gasteiger partial charge in [0.25, 0.3) is 0 Å². The fourth-order valence-electron chi connectivity index (χ4n) is 2.11. The molecule has 0 saturated heterocycles. The van der Waals surface area contributed by atoms with E-state index < -0.39 is 0 Å². The number of hydrogen-bond donors (Lipinski definition) is 0. The summed E-state index contributed by atoms with van der Waals surface area (Å²) < 4.78 is 6.35. The minimum absolute atomic E-state index is 0.0784. The number of ketones is 1. The maximum absolute atomic E-state index is 12.4. The first-order valence-corrected chi connectivity index (χ1v) is 6.82. The molecule has 2 aromatic rings. The lowest BCUT2D eigenvalue weighted by atomic mass is 9.99. The molecule has 0 saturated carbocycles. The zero-order valence-corrected chi connectivity index (χ0v) is 11.8. The summed E-state index contributed by atoms with van der Waals surface area (Å²) in [5.41, 5.74) is 3.82. The van der Waals surface area contributed by atoms with Crippen molar-refractivity contribution in [3.63, 3.8) is 0 Å². The maximum atomic E-state index is 12.4. The Labute approximate surface area is 119 Å². The summed E-state index contributed by atoms with van der Waals surface area (Å²) in [6.07, 6.45) is 0. The number of ether oxygens (including phenoxy) is 1. The summed E-state index contributed by atoms with van der Waals surface area (Å²) in [5.74, 6) is 0.0784. The number of hydrogen-bond acceptors (Lipinski definition) is 2. The molecule has 3 heteroatoms. The summed E-state index contributed by atoms with van der Waals surface area (Å²) in [7, 11) is 0. The third-order valence-corrected chi connectivity index (χ3v) is 4.04. The Morgan fingerprint density at radius 2 is 1.83 bits per heavy atom. The lowest BCUT2D eigenvalue weighted by Gasteiger charge is -2.05. The Morgan fingerprint density at radius 1 is 1.06 bits per heavy atom. The van der Waals surface area contributed by atoms with E-state index in [1.54, 1.807) is 0 Å². The molecular weight excluding hydrogens is 339 g/mol. The van der Waals surface area contributed by atoms with E-state index in [9.17, 15) is 4.79 Å². The van der Waals surface area contributed by atoms with Crippen molar-refractivity contribution in [3.8, 4) is 0 Å². The molecule has 2 aromatic carbocycles. The first-order valence-electron chi connectivity index (χ1n) is 5.74. The molecule has 0 atom stereocenters. The Balaban J connectivity index is 2.01. The average molecular weight is 350 g/mol. The van der Waals surface area contributed by atoms with Gasteiger partial charge >= 0.3 is 0 Å². The van der Waals surface area contributed by atoms with E-state index in [1.165, 1.54) is 5.56 Å². The van der Waals surface area contributed by atoms with Crippen LogP contribution in [0, 0.1) is 3.57 Å². The number of rotatable bonds is 2. The Hall–Kier alpha value is -1.20.